The molecule has 1 aromatic carbocycles. The van der Waals surface area contributed by atoms with Gasteiger partial charge in [-0.25, -0.2) is 4.98 Å². The maximum atomic E-state index is 11.6. The summed E-state index contributed by atoms with van der Waals surface area (Å²) in [7, 11) is -5.41. The first-order valence-electron chi connectivity index (χ1n) is 10.4. The van der Waals surface area contributed by atoms with Gasteiger partial charge in [-0.15, -0.1) is 0 Å². The monoisotopic (exact) mass is 496 g/mol. The lowest BCUT2D eigenvalue weighted by Crippen LogP contribution is -2.30. The fraction of sp³-hybridized carbons (Fsp3) is 0.421. The van der Waals surface area contributed by atoms with Crippen LogP contribution in [-0.4, -0.2) is 54.1 Å². The van der Waals surface area contributed by atoms with Crippen LogP contribution in [0.4, 0.5) is 11.5 Å². The summed E-state index contributed by atoms with van der Waals surface area (Å²) in [5, 5.41) is 14.0. The molecule has 0 aliphatic carbocycles. The van der Waals surface area contributed by atoms with E-state index in [1.165, 1.54) is 24.3 Å². The highest BCUT2D eigenvalue weighted by molar-refractivity contribution is 7.62. The number of anilines is 2. The predicted octanol–water partition coefficient (Wildman–Crippen LogP) is 1.52. The van der Waals surface area contributed by atoms with E-state index in [-0.39, 0.29) is 11.6 Å². The number of hydrogen-bond acceptors (Lipinski definition) is 9. The second-order valence-corrected chi connectivity index (χ2v) is 11.3. The van der Waals surface area contributed by atoms with E-state index in [4.69, 9.17) is 4.74 Å². The minimum absolute atomic E-state index is 0.136. The Kier molecular flexibility index (Phi) is 6.86. The smallest absolute Gasteiger partial charge is 0.368 e. The summed E-state index contributed by atoms with van der Waals surface area (Å²) in [4.78, 5) is 32.1. The molecule has 12 nitrogen and oxygen atoms in total. The number of hydrogen-bond donors (Lipinski definition) is 5. The molecule has 1 aliphatic rings. The van der Waals surface area contributed by atoms with Gasteiger partial charge in [-0.2, -0.15) is 9.97 Å². The van der Waals surface area contributed by atoms with Crippen molar-refractivity contribution in [2.45, 2.75) is 17.9 Å². The number of ether oxygens (including phenoxy) is 1. The van der Waals surface area contributed by atoms with E-state index in [0.29, 0.717) is 35.2 Å². The van der Waals surface area contributed by atoms with Crippen molar-refractivity contribution in [3.63, 3.8) is 0 Å². The van der Waals surface area contributed by atoms with E-state index >= 15 is 0 Å². The number of aliphatic hydroxyl groups is 1. The minimum Gasteiger partial charge on any atom is -0.463 e. The molecule has 2 aromatic heterocycles. The van der Waals surface area contributed by atoms with Crippen molar-refractivity contribution in [1.82, 2.24) is 24.8 Å². The molecule has 1 saturated heterocycles. The van der Waals surface area contributed by atoms with Crippen molar-refractivity contribution in [2.24, 2.45) is 13.0 Å². The number of rotatable bonds is 8. The lowest BCUT2D eigenvalue weighted by Gasteiger charge is -2.24. The molecular formula is C19H26N6O6P2. The largest absolute Gasteiger partial charge is 0.463 e. The summed E-state index contributed by atoms with van der Waals surface area (Å²) in [5.74, 6) is 0.824. The number of imidazole rings is 1. The Hall–Kier alpha value is -2.33. The molecule has 14 heteroatoms. The number of aromatic nitrogens is 4. The summed E-state index contributed by atoms with van der Waals surface area (Å²) in [6.45, 7) is 2.44. The topological polar surface area (TPSA) is 172 Å². The van der Waals surface area contributed by atoms with Gasteiger partial charge in [-0.05, 0) is 44.0 Å². The van der Waals surface area contributed by atoms with Crippen molar-refractivity contribution < 1.29 is 28.8 Å². The maximum Gasteiger partial charge on any atom is 0.368 e. The number of fused-ring (bicyclic) bond motifs is 1. The second-order valence-electron chi connectivity index (χ2n) is 7.98. The molecule has 5 N–H and O–H groups in total. The van der Waals surface area contributed by atoms with E-state index in [0.717, 1.165) is 25.9 Å². The normalized spacial score (nSPS) is 17.5. The molecule has 0 radical (unpaired) electrons. The Balaban J connectivity index is 1.58. The Morgan fingerprint density at radius 3 is 2.61 bits per heavy atom. The fourth-order valence-corrected chi connectivity index (χ4v) is 4.98. The van der Waals surface area contributed by atoms with Gasteiger partial charge in [0.1, 0.15) is 8.46 Å². The van der Waals surface area contributed by atoms with Gasteiger partial charge >= 0.3 is 13.6 Å². The fourth-order valence-electron chi connectivity index (χ4n) is 3.62. The van der Waals surface area contributed by atoms with Gasteiger partial charge in [0.25, 0.3) is 0 Å². The summed E-state index contributed by atoms with van der Waals surface area (Å²) >= 11 is 0. The highest BCUT2D eigenvalue weighted by Crippen LogP contribution is 2.61. The second kappa shape index (κ2) is 9.50. The summed E-state index contributed by atoms with van der Waals surface area (Å²) < 4.78 is 30.7. The number of piperidine rings is 1. The van der Waals surface area contributed by atoms with Gasteiger partial charge in [0.2, 0.25) is 5.08 Å². The van der Waals surface area contributed by atoms with Crippen LogP contribution in [0.2, 0.25) is 0 Å². The Bertz CT molecular complexity index is 1190. The van der Waals surface area contributed by atoms with Crippen molar-refractivity contribution in [3.05, 3.63) is 36.2 Å². The highest BCUT2D eigenvalue weighted by atomic mass is 31.2. The predicted molar refractivity (Wildman–Crippen MR) is 123 cm³/mol. The van der Waals surface area contributed by atoms with E-state index in [9.17, 15) is 24.0 Å². The van der Waals surface area contributed by atoms with Gasteiger partial charge in [-0.3, -0.25) is 4.57 Å². The average molecular weight is 496 g/mol. The van der Waals surface area contributed by atoms with Gasteiger partial charge in [-0.1, -0.05) is 12.1 Å². The van der Waals surface area contributed by atoms with Crippen LogP contribution in [0, 0.1) is 5.92 Å². The number of nitrogens with one attached hydrogen (secondary N) is 2. The molecule has 2 atom stereocenters. The Morgan fingerprint density at radius 1 is 1.27 bits per heavy atom. The Morgan fingerprint density at radius 2 is 1.97 bits per heavy atom. The number of aryl methyl sites for hydroxylation is 1. The van der Waals surface area contributed by atoms with E-state index in [1.807, 2.05) is 7.05 Å². The van der Waals surface area contributed by atoms with Crippen LogP contribution in [0.25, 0.3) is 11.2 Å². The van der Waals surface area contributed by atoms with Crippen LogP contribution < -0.4 is 15.4 Å². The highest BCUT2D eigenvalue weighted by Gasteiger charge is 2.46. The average Bonchev–Trinajstić information content (AvgIpc) is 3.18. The van der Waals surface area contributed by atoms with Crippen molar-refractivity contribution in [1.29, 1.82) is 0 Å². The maximum absolute atomic E-state index is 11.6. The van der Waals surface area contributed by atoms with E-state index in [1.54, 1.807) is 10.9 Å². The molecule has 33 heavy (non-hydrogen) atoms. The first kappa shape index (κ1) is 23.8. The van der Waals surface area contributed by atoms with Crippen LogP contribution in [0.15, 0.2) is 30.6 Å². The third kappa shape index (κ3) is 4.96. The lowest BCUT2D eigenvalue weighted by atomic mass is 9.99. The van der Waals surface area contributed by atoms with Crippen LogP contribution in [0.5, 0.6) is 6.01 Å². The van der Waals surface area contributed by atoms with Gasteiger partial charge < -0.3 is 39.4 Å². The third-order valence-corrected chi connectivity index (χ3v) is 8.76. The molecule has 178 valence electrons. The van der Waals surface area contributed by atoms with Crippen molar-refractivity contribution in [3.8, 4) is 6.01 Å². The summed E-state index contributed by atoms with van der Waals surface area (Å²) in [6, 6.07) is 5.82. The van der Waals surface area contributed by atoms with Gasteiger partial charge in [0.15, 0.2) is 17.0 Å². The molecule has 0 bridgehead atoms. The first-order valence-corrected chi connectivity index (χ1v) is 13.0. The molecule has 3 heterocycles. The van der Waals surface area contributed by atoms with Gasteiger partial charge in [0.05, 0.1) is 12.9 Å². The molecular weight excluding hydrogens is 470 g/mol. The molecule has 1 fully saturated rings. The third-order valence-electron chi connectivity index (χ3n) is 5.63. The zero-order valence-electron chi connectivity index (χ0n) is 17.9. The zero-order chi connectivity index (χ0) is 23.6. The van der Waals surface area contributed by atoms with Crippen molar-refractivity contribution >= 4 is 38.7 Å². The lowest BCUT2D eigenvalue weighted by molar-refractivity contribution is 0.168. The summed E-state index contributed by atoms with van der Waals surface area (Å²) in [6.07, 6.45) is 3.66. The van der Waals surface area contributed by atoms with Crippen LogP contribution >= 0.6 is 16.1 Å². The number of benzene rings is 1. The molecule has 2 unspecified atom stereocenters. The molecule has 0 spiro atoms. The molecule has 1 aliphatic heterocycles. The zero-order valence-corrected chi connectivity index (χ0v) is 19.9. The first-order chi connectivity index (χ1) is 15.7. The van der Waals surface area contributed by atoms with Crippen LogP contribution in [0.1, 0.15) is 18.4 Å². The molecule has 0 saturated carbocycles. The minimum atomic E-state index is -5.04. The molecule has 4 rings (SSSR count). The Labute approximate surface area is 190 Å². The molecule has 3 aromatic rings. The SMILES string of the molecule is Cn1cnc2c(Nc3ccc(C(O)([PH2]=O)P(=O)(O)O)cc3)nc(OCC3CCNCC3)nc21. The van der Waals surface area contributed by atoms with Crippen LogP contribution in [-0.2, 0) is 21.3 Å². The van der Waals surface area contributed by atoms with Gasteiger partial charge in [0, 0.05) is 18.3 Å². The van der Waals surface area contributed by atoms with Crippen LogP contribution in [0.3, 0.4) is 0 Å². The summed E-state index contributed by atoms with van der Waals surface area (Å²) in [5.41, 5.74) is 1.48. The quantitative estimate of drug-likeness (QED) is 0.286. The van der Waals surface area contributed by atoms with Crippen molar-refractivity contribution in [2.75, 3.05) is 25.0 Å². The standard InChI is InChI=1S/C19H26N6O6P2/c1-25-11-21-15-16(23-18(24-17(15)25)31-10-12-6-8-20-9-7-12)22-14-4-2-13(3-5-14)19(26,32-27)33(28,29)30/h2-5,11-12,20,26H,6-10,32H2,1H3,(H,22,23,24)(H2,28,29,30). The van der Waals surface area contributed by atoms with E-state index in [2.05, 4.69) is 25.6 Å². The van der Waals surface area contributed by atoms with E-state index < -0.39 is 21.1 Å². The number of nitrogens with zero attached hydrogens (tertiary/aromatic N) is 4. The molecule has 0 amide bonds.